The van der Waals surface area contributed by atoms with Gasteiger partial charge >= 0.3 is 6.18 Å². The van der Waals surface area contributed by atoms with E-state index in [-0.39, 0.29) is 15.7 Å². The van der Waals surface area contributed by atoms with Gasteiger partial charge in [0.25, 0.3) is 0 Å². The number of hydrogen-bond donors (Lipinski definition) is 0. The molecule has 138 valence electrons. The summed E-state index contributed by atoms with van der Waals surface area (Å²) in [7, 11) is 0. The molecule has 1 fully saturated rings. The zero-order valence-electron chi connectivity index (χ0n) is 13.5. The Morgan fingerprint density at radius 1 is 1.08 bits per heavy atom. The molecule has 2 unspecified atom stereocenters. The van der Waals surface area contributed by atoms with Crippen molar-refractivity contribution in [2.24, 2.45) is 0 Å². The van der Waals surface area contributed by atoms with Crippen molar-refractivity contribution in [3.05, 3.63) is 57.2 Å². The lowest BCUT2D eigenvalue weighted by Crippen LogP contribution is -2.56. The Morgan fingerprint density at radius 2 is 1.65 bits per heavy atom. The van der Waals surface area contributed by atoms with Crippen molar-refractivity contribution in [3.63, 3.8) is 0 Å². The van der Waals surface area contributed by atoms with Crippen molar-refractivity contribution in [1.29, 1.82) is 5.26 Å². The molecule has 1 aromatic carbocycles. The molecule has 26 heavy (non-hydrogen) atoms. The van der Waals surface area contributed by atoms with E-state index in [2.05, 4.69) is 0 Å². The zero-order valence-corrected chi connectivity index (χ0v) is 15.0. The van der Waals surface area contributed by atoms with Crippen LogP contribution in [-0.2, 0) is 5.41 Å². The van der Waals surface area contributed by atoms with E-state index >= 15 is 4.39 Å². The van der Waals surface area contributed by atoms with Crippen LogP contribution in [0.1, 0.15) is 18.4 Å². The zero-order chi connectivity index (χ0) is 19.1. The molecule has 1 aliphatic carbocycles. The van der Waals surface area contributed by atoms with Crippen molar-refractivity contribution in [3.8, 4) is 6.07 Å². The van der Waals surface area contributed by atoms with E-state index < -0.39 is 28.9 Å². The molecule has 0 aromatic heterocycles. The summed E-state index contributed by atoms with van der Waals surface area (Å²) in [6.45, 7) is 0.779. The second kappa shape index (κ2) is 6.79. The average Bonchev–Trinajstić information content (AvgIpc) is 3.06. The van der Waals surface area contributed by atoms with Gasteiger partial charge < -0.3 is 4.90 Å². The third-order valence-electron chi connectivity index (χ3n) is 4.82. The van der Waals surface area contributed by atoms with Crippen LogP contribution in [0.2, 0.25) is 10.0 Å². The van der Waals surface area contributed by atoms with Gasteiger partial charge in [-0.05, 0) is 48.8 Å². The number of alkyl halides is 4. The van der Waals surface area contributed by atoms with Crippen LogP contribution in [0.5, 0.6) is 0 Å². The molecule has 0 amide bonds. The molecule has 1 heterocycles. The Hall–Kier alpha value is -1.71. The van der Waals surface area contributed by atoms with Gasteiger partial charge in [-0.3, -0.25) is 0 Å². The van der Waals surface area contributed by atoms with Gasteiger partial charge in [-0.1, -0.05) is 23.2 Å². The third kappa shape index (κ3) is 2.87. The molecule has 0 bridgehead atoms. The smallest absolute Gasteiger partial charge is 0.374 e. The molecule has 8 heteroatoms. The number of benzene rings is 1. The Morgan fingerprint density at radius 3 is 2.15 bits per heavy atom. The lowest BCUT2D eigenvalue weighted by molar-refractivity contribution is -0.197. The van der Waals surface area contributed by atoms with Crippen LogP contribution in [0.25, 0.3) is 0 Å². The van der Waals surface area contributed by atoms with Gasteiger partial charge in [-0.15, -0.1) is 0 Å². The van der Waals surface area contributed by atoms with Gasteiger partial charge in [0.2, 0.25) is 0 Å². The summed E-state index contributed by atoms with van der Waals surface area (Å²) in [5, 5.41) is 9.09. The second-order valence-corrected chi connectivity index (χ2v) is 7.18. The van der Waals surface area contributed by atoms with Crippen LogP contribution in [0.15, 0.2) is 41.6 Å². The maximum atomic E-state index is 15.4. The van der Waals surface area contributed by atoms with Crippen LogP contribution in [0.4, 0.5) is 17.6 Å². The maximum absolute atomic E-state index is 15.4. The predicted molar refractivity (Wildman–Crippen MR) is 91.7 cm³/mol. The molecule has 0 saturated carbocycles. The standard InChI is InChI=1S/C18H14Cl2F4N2/c19-13-7-12(8-14(20)9-13)17(18(22,23)24)15(26-5-1-2-6-26)4-3-11(10-25)16(17)21/h3-4,7-9,16H,1-2,5-6H2. The molecule has 1 aliphatic heterocycles. The van der Waals surface area contributed by atoms with E-state index in [1.807, 2.05) is 0 Å². The summed E-state index contributed by atoms with van der Waals surface area (Å²) in [6, 6.07) is 4.97. The number of rotatable bonds is 2. The molecule has 3 rings (SSSR count). The third-order valence-corrected chi connectivity index (χ3v) is 5.26. The molecule has 2 atom stereocenters. The summed E-state index contributed by atoms with van der Waals surface area (Å²) in [4.78, 5) is 1.53. The van der Waals surface area contributed by atoms with Crippen LogP contribution >= 0.6 is 23.2 Å². The quantitative estimate of drug-likeness (QED) is 0.602. The van der Waals surface area contributed by atoms with Crippen LogP contribution in [0, 0.1) is 11.3 Å². The Balaban J connectivity index is 2.34. The van der Waals surface area contributed by atoms with Gasteiger partial charge in [0.15, 0.2) is 11.6 Å². The van der Waals surface area contributed by atoms with Crippen molar-refractivity contribution in [2.75, 3.05) is 13.1 Å². The average molecular weight is 405 g/mol. The minimum absolute atomic E-state index is 0.0304. The van der Waals surface area contributed by atoms with Gasteiger partial charge in [-0.2, -0.15) is 18.4 Å². The highest BCUT2D eigenvalue weighted by Crippen LogP contribution is 2.55. The first-order valence-electron chi connectivity index (χ1n) is 7.96. The number of allylic oxidation sites excluding steroid dienone is 4. The fourth-order valence-electron chi connectivity index (χ4n) is 3.68. The van der Waals surface area contributed by atoms with Gasteiger partial charge in [0.05, 0.1) is 11.6 Å². The van der Waals surface area contributed by atoms with E-state index in [9.17, 15) is 13.2 Å². The normalized spacial score (nSPS) is 26.3. The summed E-state index contributed by atoms with van der Waals surface area (Å²) in [6.07, 6.45) is -3.86. The van der Waals surface area contributed by atoms with E-state index in [4.69, 9.17) is 28.5 Å². The fraction of sp³-hybridized carbons (Fsp3) is 0.389. The van der Waals surface area contributed by atoms with Gasteiger partial charge in [0.1, 0.15) is 0 Å². The molecule has 2 aliphatic rings. The van der Waals surface area contributed by atoms with Crippen LogP contribution < -0.4 is 0 Å². The highest BCUT2D eigenvalue weighted by molar-refractivity contribution is 6.34. The minimum Gasteiger partial charge on any atom is -0.374 e. The van der Waals surface area contributed by atoms with Crippen molar-refractivity contribution in [2.45, 2.75) is 30.6 Å². The highest BCUT2D eigenvalue weighted by atomic mass is 35.5. The van der Waals surface area contributed by atoms with E-state index in [0.29, 0.717) is 25.9 Å². The predicted octanol–water partition coefficient (Wildman–Crippen LogP) is 5.57. The molecule has 1 aromatic rings. The largest absolute Gasteiger partial charge is 0.407 e. The van der Waals surface area contributed by atoms with Crippen molar-refractivity contribution in [1.82, 2.24) is 4.90 Å². The Bertz CT molecular complexity index is 799. The molecule has 2 nitrogen and oxygen atoms in total. The summed E-state index contributed by atoms with van der Waals surface area (Å²) < 4.78 is 58.8. The number of hydrogen-bond acceptors (Lipinski definition) is 2. The van der Waals surface area contributed by atoms with Crippen molar-refractivity contribution < 1.29 is 17.6 Å². The molecule has 0 spiro atoms. The van der Waals surface area contributed by atoms with Gasteiger partial charge in [-0.25, -0.2) is 4.39 Å². The molecule has 0 radical (unpaired) electrons. The topological polar surface area (TPSA) is 27.0 Å². The highest BCUT2D eigenvalue weighted by Gasteiger charge is 2.66. The Labute approximate surface area is 158 Å². The number of nitriles is 1. The number of likely N-dealkylation sites (tertiary alicyclic amines) is 1. The van der Waals surface area contributed by atoms with Crippen LogP contribution in [-0.4, -0.2) is 30.3 Å². The van der Waals surface area contributed by atoms with E-state index in [0.717, 1.165) is 18.2 Å². The second-order valence-electron chi connectivity index (χ2n) is 6.31. The van der Waals surface area contributed by atoms with Crippen molar-refractivity contribution >= 4 is 23.2 Å². The molecule has 1 saturated heterocycles. The first-order chi connectivity index (χ1) is 12.2. The lowest BCUT2D eigenvalue weighted by atomic mass is 9.68. The number of halogens is 6. The molecule has 0 N–H and O–H groups in total. The lowest BCUT2D eigenvalue weighted by Gasteiger charge is -2.45. The van der Waals surface area contributed by atoms with Gasteiger partial charge in [0, 0.05) is 28.8 Å². The first kappa shape index (κ1) is 19.1. The molecular weight excluding hydrogens is 391 g/mol. The minimum atomic E-state index is -5.01. The SMILES string of the molecule is N#CC1=CC=C(N2CCCC2)C(c2cc(Cl)cc(Cl)c2)(C(F)(F)F)C1F. The fourth-order valence-corrected chi connectivity index (χ4v) is 4.21. The maximum Gasteiger partial charge on any atom is 0.407 e. The molecular formula is C18H14Cl2F4N2. The van der Waals surface area contributed by atoms with E-state index in [1.54, 1.807) is 6.07 Å². The van der Waals surface area contributed by atoms with E-state index in [1.165, 1.54) is 17.0 Å². The summed E-state index contributed by atoms with van der Waals surface area (Å²) >= 11 is 11.8. The summed E-state index contributed by atoms with van der Waals surface area (Å²) in [5.41, 5.74) is -4.24. The Kier molecular flexibility index (Phi) is 4.98. The first-order valence-corrected chi connectivity index (χ1v) is 8.72. The summed E-state index contributed by atoms with van der Waals surface area (Å²) in [5.74, 6) is 0. The number of nitrogens with zero attached hydrogens (tertiary/aromatic N) is 2. The monoisotopic (exact) mass is 404 g/mol. The van der Waals surface area contributed by atoms with Crippen LogP contribution in [0.3, 0.4) is 0 Å².